The van der Waals surface area contributed by atoms with Crippen LogP contribution in [0.4, 0.5) is 14.5 Å². The molecule has 16 heavy (non-hydrogen) atoms. The van der Waals surface area contributed by atoms with Crippen molar-refractivity contribution in [2.75, 3.05) is 4.90 Å². The van der Waals surface area contributed by atoms with Crippen molar-refractivity contribution in [3.8, 4) is 0 Å². The second-order valence-electron chi connectivity index (χ2n) is 3.06. The van der Waals surface area contributed by atoms with Gasteiger partial charge in [-0.25, -0.2) is 13.7 Å². The van der Waals surface area contributed by atoms with E-state index in [1.165, 1.54) is 0 Å². The summed E-state index contributed by atoms with van der Waals surface area (Å²) in [6.07, 6.45) is 1.92. The van der Waals surface area contributed by atoms with Crippen molar-refractivity contribution in [2.45, 2.75) is 0 Å². The van der Waals surface area contributed by atoms with Crippen LogP contribution >= 0.6 is 15.9 Å². The average Bonchev–Trinajstić information content (AvgIpc) is 2.47. The first-order valence-corrected chi connectivity index (χ1v) is 5.00. The van der Waals surface area contributed by atoms with Crippen LogP contribution < -0.4 is 4.90 Å². The highest BCUT2D eigenvalue weighted by molar-refractivity contribution is 9.10. The summed E-state index contributed by atoms with van der Waals surface area (Å²) in [5.41, 5.74) is -0.650. The summed E-state index contributed by atoms with van der Waals surface area (Å²) < 4.78 is 27.1. The van der Waals surface area contributed by atoms with Gasteiger partial charge in [0.25, 0.3) is 11.8 Å². The van der Waals surface area contributed by atoms with Crippen LogP contribution in [-0.2, 0) is 9.59 Å². The molecule has 0 unspecified atom stereocenters. The fourth-order valence-corrected chi connectivity index (χ4v) is 1.77. The Hall–Kier alpha value is -1.56. The SMILES string of the molecule is O=C1C=CC(=O)N1c1c(F)cc(Br)cc1F. The van der Waals surface area contributed by atoms with E-state index >= 15 is 0 Å². The van der Waals surface area contributed by atoms with E-state index in [0.29, 0.717) is 4.90 Å². The third-order valence-electron chi connectivity index (χ3n) is 2.01. The Bertz CT molecular complexity index is 487. The van der Waals surface area contributed by atoms with E-state index in [-0.39, 0.29) is 4.47 Å². The number of benzene rings is 1. The van der Waals surface area contributed by atoms with Gasteiger partial charge in [-0.15, -0.1) is 0 Å². The minimum Gasteiger partial charge on any atom is -0.269 e. The fourth-order valence-electron chi connectivity index (χ4n) is 1.37. The zero-order valence-electron chi connectivity index (χ0n) is 7.71. The van der Waals surface area contributed by atoms with Gasteiger partial charge in [0, 0.05) is 16.6 Å². The van der Waals surface area contributed by atoms with E-state index in [2.05, 4.69) is 15.9 Å². The smallest absolute Gasteiger partial charge is 0.258 e. The lowest BCUT2D eigenvalue weighted by Crippen LogP contribution is -2.31. The molecule has 0 aromatic heterocycles. The summed E-state index contributed by atoms with van der Waals surface area (Å²) in [4.78, 5) is 23.0. The van der Waals surface area contributed by atoms with Gasteiger partial charge in [-0.05, 0) is 12.1 Å². The number of halogens is 3. The first kappa shape index (κ1) is 10.9. The van der Waals surface area contributed by atoms with Crippen LogP contribution in [0.25, 0.3) is 0 Å². The zero-order chi connectivity index (χ0) is 11.9. The lowest BCUT2D eigenvalue weighted by molar-refractivity contribution is -0.120. The predicted octanol–water partition coefficient (Wildman–Crippen LogP) is 2.16. The van der Waals surface area contributed by atoms with Crippen molar-refractivity contribution in [3.05, 3.63) is 40.4 Å². The highest BCUT2D eigenvalue weighted by Gasteiger charge is 2.30. The molecule has 0 saturated carbocycles. The molecule has 1 aromatic carbocycles. The van der Waals surface area contributed by atoms with Crippen LogP contribution in [-0.4, -0.2) is 11.8 Å². The molecule has 0 radical (unpaired) electrons. The molecular formula is C10H4BrF2NO2. The van der Waals surface area contributed by atoms with Crippen LogP contribution in [0.2, 0.25) is 0 Å². The number of carbonyl (C=O) groups excluding carboxylic acids is 2. The van der Waals surface area contributed by atoms with E-state index in [1.807, 2.05) is 0 Å². The molecule has 6 heteroatoms. The Kier molecular flexibility index (Phi) is 2.59. The minimum absolute atomic E-state index is 0.193. The molecule has 0 saturated heterocycles. The quantitative estimate of drug-likeness (QED) is 0.743. The molecule has 0 spiro atoms. The second-order valence-corrected chi connectivity index (χ2v) is 3.98. The molecular weight excluding hydrogens is 284 g/mol. The van der Waals surface area contributed by atoms with Crippen molar-refractivity contribution >= 4 is 33.4 Å². The number of hydrogen-bond acceptors (Lipinski definition) is 2. The van der Waals surface area contributed by atoms with Gasteiger partial charge < -0.3 is 0 Å². The van der Waals surface area contributed by atoms with Crippen LogP contribution in [0.15, 0.2) is 28.8 Å². The molecule has 3 nitrogen and oxygen atoms in total. The topological polar surface area (TPSA) is 37.4 Å². The molecule has 82 valence electrons. The van der Waals surface area contributed by atoms with E-state index in [1.54, 1.807) is 0 Å². The number of hydrogen-bond donors (Lipinski definition) is 0. The van der Waals surface area contributed by atoms with Gasteiger partial charge in [0.1, 0.15) is 5.69 Å². The number of imide groups is 1. The van der Waals surface area contributed by atoms with Gasteiger partial charge in [0.05, 0.1) is 0 Å². The van der Waals surface area contributed by atoms with Crippen LogP contribution in [0.3, 0.4) is 0 Å². The number of amides is 2. The highest BCUT2D eigenvalue weighted by Crippen LogP contribution is 2.29. The first-order chi connectivity index (χ1) is 7.50. The number of nitrogens with zero attached hydrogens (tertiary/aromatic N) is 1. The molecule has 1 aliphatic rings. The summed E-state index contributed by atoms with van der Waals surface area (Å²) in [5, 5.41) is 0. The maximum Gasteiger partial charge on any atom is 0.258 e. The molecule has 2 rings (SSSR count). The first-order valence-electron chi connectivity index (χ1n) is 4.21. The fraction of sp³-hybridized carbons (Fsp3) is 0. The molecule has 0 atom stereocenters. The van der Waals surface area contributed by atoms with E-state index in [9.17, 15) is 18.4 Å². The Balaban J connectivity index is 2.57. The van der Waals surface area contributed by atoms with Crippen molar-refractivity contribution in [1.82, 2.24) is 0 Å². The molecule has 0 fully saturated rings. The molecule has 1 heterocycles. The summed E-state index contributed by atoms with van der Waals surface area (Å²) in [6.45, 7) is 0. The summed E-state index contributed by atoms with van der Waals surface area (Å²) in [7, 11) is 0. The molecule has 1 aliphatic heterocycles. The van der Waals surface area contributed by atoms with Crippen molar-refractivity contribution in [1.29, 1.82) is 0 Å². The Labute approximate surface area is 97.5 Å². The third-order valence-corrected chi connectivity index (χ3v) is 2.47. The van der Waals surface area contributed by atoms with Crippen LogP contribution in [0.5, 0.6) is 0 Å². The van der Waals surface area contributed by atoms with E-state index < -0.39 is 29.1 Å². The summed E-state index contributed by atoms with van der Waals surface area (Å²) in [6, 6.07) is 1.97. The second kappa shape index (κ2) is 3.79. The monoisotopic (exact) mass is 287 g/mol. The van der Waals surface area contributed by atoms with E-state index in [0.717, 1.165) is 24.3 Å². The normalized spacial score (nSPS) is 15.1. The zero-order valence-corrected chi connectivity index (χ0v) is 9.29. The standard InChI is InChI=1S/C10H4BrF2NO2/c11-5-3-6(12)10(7(13)4-5)14-8(15)1-2-9(14)16/h1-4H. The maximum absolute atomic E-state index is 13.5. The van der Waals surface area contributed by atoms with Crippen LogP contribution in [0.1, 0.15) is 0 Å². The number of rotatable bonds is 1. The van der Waals surface area contributed by atoms with Gasteiger partial charge in [0.15, 0.2) is 11.6 Å². The largest absolute Gasteiger partial charge is 0.269 e. The predicted molar refractivity (Wildman–Crippen MR) is 55.7 cm³/mol. The average molecular weight is 288 g/mol. The molecule has 1 aromatic rings. The van der Waals surface area contributed by atoms with Crippen LogP contribution in [0, 0.1) is 11.6 Å². The van der Waals surface area contributed by atoms with Crippen molar-refractivity contribution in [3.63, 3.8) is 0 Å². The third kappa shape index (κ3) is 1.65. The lowest BCUT2D eigenvalue weighted by atomic mass is 10.2. The van der Waals surface area contributed by atoms with Gasteiger partial charge in [-0.2, -0.15) is 0 Å². The van der Waals surface area contributed by atoms with E-state index in [4.69, 9.17) is 0 Å². The Morgan fingerprint density at radius 1 is 1.00 bits per heavy atom. The van der Waals surface area contributed by atoms with Crippen molar-refractivity contribution in [2.24, 2.45) is 0 Å². The minimum atomic E-state index is -0.975. The van der Waals surface area contributed by atoms with Gasteiger partial charge in [0.2, 0.25) is 0 Å². The molecule has 0 bridgehead atoms. The van der Waals surface area contributed by atoms with Gasteiger partial charge in [-0.1, -0.05) is 15.9 Å². The summed E-state index contributed by atoms with van der Waals surface area (Å²) >= 11 is 2.90. The van der Waals surface area contributed by atoms with Gasteiger partial charge in [-0.3, -0.25) is 9.59 Å². The Morgan fingerprint density at radius 2 is 1.44 bits per heavy atom. The maximum atomic E-state index is 13.5. The lowest BCUT2D eigenvalue weighted by Gasteiger charge is -2.15. The molecule has 0 N–H and O–H groups in total. The summed E-state index contributed by atoms with van der Waals surface area (Å²) in [5.74, 6) is -3.47. The molecule has 0 aliphatic carbocycles. The van der Waals surface area contributed by atoms with Gasteiger partial charge >= 0.3 is 0 Å². The number of anilines is 1. The number of carbonyl (C=O) groups is 2. The molecule has 2 amide bonds. The van der Waals surface area contributed by atoms with Crippen molar-refractivity contribution < 1.29 is 18.4 Å². The Morgan fingerprint density at radius 3 is 1.88 bits per heavy atom. The highest BCUT2D eigenvalue weighted by atomic mass is 79.9.